The molecule has 4 rings (SSSR count). The maximum atomic E-state index is 13.3. The van der Waals surface area contributed by atoms with Gasteiger partial charge in [0.1, 0.15) is 5.65 Å². The van der Waals surface area contributed by atoms with E-state index in [1.54, 1.807) is 35.3 Å². The van der Waals surface area contributed by atoms with E-state index in [9.17, 15) is 9.59 Å². The standard InChI is InChI=1S/C22H20ClN3O2.CH4/c1-2-3-4-8-20(27)26-10-9-15-16(6-5-7-19(15)26)21(28)18-13-25-22-17(18)11-14(23)12-24-22;/h5-7,9-13H,2-4,8H2,1H3,(H,24,25);1H4. The quantitative estimate of drug-likeness (QED) is 0.302. The zero-order valence-electron chi connectivity index (χ0n) is 15.5. The van der Waals surface area contributed by atoms with E-state index in [0.29, 0.717) is 33.6 Å². The molecule has 0 bridgehead atoms. The van der Waals surface area contributed by atoms with Crippen LogP contribution in [0.4, 0.5) is 0 Å². The fraction of sp³-hybridized carbons (Fsp3) is 0.261. The molecule has 3 aromatic heterocycles. The Hall–Kier alpha value is -2.92. The second-order valence-electron chi connectivity index (χ2n) is 6.86. The number of halogens is 1. The predicted molar refractivity (Wildman–Crippen MR) is 118 cm³/mol. The van der Waals surface area contributed by atoms with Gasteiger partial charge in [-0.2, -0.15) is 0 Å². The molecule has 0 aliphatic carbocycles. The third-order valence-corrected chi connectivity index (χ3v) is 5.19. The van der Waals surface area contributed by atoms with E-state index >= 15 is 0 Å². The van der Waals surface area contributed by atoms with Gasteiger partial charge in [0, 0.05) is 46.9 Å². The molecule has 0 unspecified atom stereocenters. The molecule has 0 spiro atoms. The zero-order valence-corrected chi connectivity index (χ0v) is 16.3. The van der Waals surface area contributed by atoms with E-state index < -0.39 is 0 Å². The number of pyridine rings is 1. The molecule has 3 heterocycles. The van der Waals surface area contributed by atoms with Crippen molar-refractivity contribution >= 4 is 45.2 Å². The molecule has 6 heteroatoms. The normalized spacial score (nSPS) is 11.0. The number of fused-ring (bicyclic) bond motifs is 2. The minimum absolute atomic E-state index is 0. The van der Waals surface area contributed by atoms with Gasteiger partial charge in [0.05, 0.1) is 10.5 Å². The third-order valence-electron chi connectivity index (χ3n) is 4.98. The summed E-state index contributed by atoms with van der Waals surface area (Å²) in [6.07, 6.45) is 8.43. The molecule has 0 aliphatic rings. The Bertz CT molecular complexity index is 1190. The molecule has 0 aliphatic heterocycles. The molecule has 1 N–H and O–H groups in total. The summed E-state index contributed by atoms with van der Waals surface area (Å²) in [5, 5.41) is 1.92. The van der Waals surface area contributed by atoms with Crippen molar-refractivity contribution in [2.45, 2.75) is 40.0 Å². The largest absolute Gasteiger partial charge is 0.345 e. The first kappa shape index (κ1) is 20.8. The molecule has 0 saturated carbocycles. The fourth-order valence-electron chi connectivity index (χ4n) is 3.54. The Balaban J connectivity index is 0.00000240. The molecule has 0 radical (unpaired) electrons. The number of nitrogens with zero attached hydrogens (tertiary/aromatic N) is 2. The summed E-state index contributed by atoms with van der Waals surface area (Å²) in [6, 6.07) is 9.03. The number of hydrogen-bond acceptors (Lipinski definition) is 3. The van der Waals surface area contributed by atoms with Crippen molar-refractivity contribution in [3.05, 3.63) is 65.1 Å². The highest BCUT2D eigenvalue weighted by molar-refractivity contribution is 6.31. The summed E-state index contributed by atoms with van der Waals surface area (Å²) in [6.45, 7) is 2.11. The van der Waals surface area contributed by atoms with Crippen LogP contribution in [-0.2, 0) is 0 Å². The van der Waals surface area contributed by atoms with Crippen molar-refractivity contribution in [1.29, 1.82) is 0 Å². The van der Waals surface area contributed by atoms with Crippen LogP contribution in [0, 0.1) is 0 Å². The maximum Gasteiger partial charge on any atom is 0.231 e. The van der Waals surface area contributed by atoms with Gasteiger partial charge in [-0.15, -0.1) is 0 Å². The van der Waals surface area contributed by atoms with Crippen molar-refractivity contribution < 1.29 is 9.59 Å². The van der Waals surface area contributed by atoms with Crippen LogP contribution in [0.5, 0.6) is 0 Å². The molecule has 150 valence electrons. The van der Waals surface area contributed by atoms with Gasteiger partial charge in [-0.1, -0.05) is 50.9 Å². The smallest absolute Gasteiger partial charge is 0.231 e. The lowest BCUT2D eigenvalue weighted by atomic mass is 10.0. The van der Waals surface area contributed by atoms with Gasteiger partial charge in [-0.25, -0.2) is 4.98 Å². The van der Waals surface area contributed by atoms with Crippen molar-refractivity contribution in [3.8, 4) is 0 Å². The summed E-state index contributed by atoms with van der Waals surface area (Å²) in [5.41, 5.74) is 2.44. The van der Waals surface area contributed by atoms with Gasteiger partial charge in [-0.05, 0) is 24.6 Å². The van der Waals surface area contributed by atoms with Crippen molar-refractivity contribution in [1.82, 2.24) is 14.5 Å². The molecule has 1 aromatic carbocycles. The summed E-state index contributed by atoms with van der Waals surface area (Å²) in [7, 11) is 0. The fourth-order valence-corrected chi connectivity index (χ4v) is 3.70. The summed E-state index contributed by atoms with van der Waals surface area (Å²) >= 11 is 6.06. The monoisotopic (exact) mass is 409 g/mol. The lowest BCUT2D eigenvalue weighted by Crippen LogP contribution is -2.09. The number of rotatable bonds is 6. The molecule has 4 aromatic rings. The van der Waals surface area contributed by atoms with E-state index in [2.05, 4.69) is 16.9 Å². The lowest BCUT2D eigenvalue weighted by molar-refractivity contribution is 0.0904. The number of hydrogen-bond donors (Lipinski definition) is 1. The topological polar surface area (TPSA) is 67.8 Å². The Morgan fingerprint density at radius 1 is 1.14 bits per heavy atom. The van der Waals surface area contributed by atoms with Crippen LogP contribution in [-0.4, -0.2) is 26.2 Å². The minimum Gasteiger partial charge on any atom is -0.345 e. The van der Waals surface area contributed by atoms with Gasteiger partial charge >= 0.3 is 0 Å². The van der Waals surface area contributed by atoms with Gasteiger partial charge in [-0.3, -0.25) is 14.2 Å². The highest BCUT2D eigenvalue weighted by Gasteiger charge is 2.19. The number of H-pyrrole nitrogens is 1. The Labute approximate surface area is 174 Å². The van der Waals surface area contributed by atoms with E-state index in [0.717, 1.165) is 30.2 Å². The van der Waals surface area contributed by atoms with Crippen LogP contribution < -0.4 is 0 Å². The minimum atomic E-state index is -0.128. The van der Waals surface area contributed by atoms with Gasteiger partial charge in [0.15, 0.2) is 5.78 Å². The third kappa shape index (κ3) is 3.83. The summed E-state index contributed by atoms with van der Waals surface area (Å²) in [5.74, 6) is -0.0757. The van der Waals surface area contributed by atoms with Crippen molar-refractivity contribution in [2.75, 3.05) is 0 Å². The number of ketones is 1. The molecule has 29 heavy (non-hydrogen) atoms. The van der Waals surface area contributed by atoms with Crippen LogP contribution in [0.1, 0.15) is 60.7 Å². The van der Waals surface area contributed by atoms with E-state index in [4.69, 9.17) is 11.6 Å². The number of aromatic nitrogens is 3. The van der Waals surface area contributed by atoms with Crippen LogP contribution >= 0.6 is 11.6 Å². The molecule has 0 atom stereocenters. The Kier molecular flexibility index (Phi) is 6.18. The SMILES string of the molecule is C.CCCCCC(=O)n1ccc2c(C(=O)c3c[nH]c4ncc(Cl)cc34)cccc21. The van der Waals surface area contributed by atoms with Gasteiger partial charge < -0.3 is 4.98 Å². The first-order valence-corrected chi connectivity index (χ1v) is 9.78. The molecule has 5 nitrogen and oxygen atoms in total. The van der Waals surface area contributed by atoms with Crippen LogP contribution in [0.2, 0.25) is 5.02 Å². The molecular weight excluding hydrogens is 386 g/mol. The zero-order chi connectivity index (χ0) is 19.7. The highest BCUT2D eigenvalue weighted by atomic mass is 35.5. The van der Waals surface area contributed by atoms with Gasteiger partial charge in [0.2, 0.25) is 5.91 Å². The lowest BCUT2D eigenvalue weighted by Gasteiger charge is -2.06. The van der Waals surface area contributed by atoms with E-state index in [1.807, 2.05) is 18.2 Å². The number of carbonyl (C=O) groups excluding carboxylic acids is 2. The Morgan fingerprint density at radius 3 is 2.76 bits per heavy atom. The van der Waals surface area contributed by atoms with Crippen molar-refractivity contribution in [3.63, 3.8) is 0 Å². The van der Waals surface area contributed by atoms with Crippen LogP contribution in [0.3, 0.4) is 0 Å². The van der Waals surface area contributed by atoms with Crippen LogP contribution in [0.25, 0.3) is 21.9 Å². The second kappa shape index (κ2) is 8.62. The van der Waals surface area contributed by atoms with E-state index in [1.165, 1.54) is 0 Å². The van der Waals surface area contributed by atoms with Crippen LogP contribution in [0.15, 0.2) is 48.9 Å². The van der Waals surface area contributed by atoms with E-state index in [-0.39, 0.29) is 19.1 Å². The molecule has 0 saturated heterocycles. The summed E-state index contributed by atoms with van der Waals surface area (Å²) < 4.78 is 1.65. The number of nitrogens with one attached hydrogen (secondary N) is 1. The Morgan fingerprint density at radius 2 is 1.97 bits per heavy atom. The summed E-state index contributed by atoms with van der Waals surface area (Å²) in [4.78, 5) is 33.0. The average Bonchev–Trinajstić information content (AvgIpc) is 3.31. The number of carbonyl (C=O) groups is 2. The first-order valence-electron chi connectivity index (χ1n) is 9.40. The molecule has 0 amide bonds. The number of unbranched alkanes of at least 4 members (excludes halogenated alkanes) is 2. The maximum absolute atomic E-state index is 13.3. The first-order chi connectivity index (χ1) is 13.6. The average molecular weight is 410 g/mol. The second-order valence-corrected chi connectivity index (χ2v) is 7.29. The molecular formula is C23H24ClN3O2. The van der Waals surface area contributed by atoms with Crippen molar-refractivity contribution in [2.24, 2.45) is 0 Å². The molecule has 0 fully saturated rings. The van der Waals surface area contributed by atoms with Gasteiger partial charge in [0.25, 0.3) is 0 Å². The predicted octanol–water partition coefficient (Wildman–Crippen LogP) is 6.26. The highest BCUT2D eigenvalue weighted by Crippen LogP contribution is 2.27. The number of aromatic amines is 1. The number of benzene rings is 1.